The molecule has 2 unspecified atom stereocenters. The summed E-state index contributed by atoms with van der Waals surface area (Å²) in [5.74, 6) is 1.59. The number of thioether (sulfide) groups is 1. The van der Waals surface area contributed by atoms with Crippen LogP contribution in [0.1, 0.15) is 20.8 Å². The van der Waals surface area contributed by atoms with Gasteiger partial charge in [0.25, 0.3) is 0 Å². The number of aliphatic hydroxyl groups excluding tert-OH is 1. The number of nitrogens with two attached hydrogens (primary N) is 1. The van der Waals surface area contributed by atoms with Crippen molar-refractivity contribution in [3.63, 3.8) is 0 Å². The molecule has 4 heteroatoms. The van der Waals surface area contributed by atoms with Crippen molar-refractivity contribution < 1.29 is 9.84 Å². The van der Waals surface area contributed by atoms with E-state index >= 15 is 0 Å². The Morgan fingerprint density at radius 2 is 1.92 bits per heavy atom. The van der Waals surface area contributed by atoms with E-state index in [0.29, 0.717) is 12.4 Å². The summed E-state index contributed by atoms with van der Waals surface area (Å²) in [6.45, 7) is 6.30. The Labute approximate surface area is 85.0 Å². The van der Waals surface area contributed by atoms with Crippen LogP contribution in [0, 0.1) is 0 Å². The number of ether oxygens (including phenoxy) is 1. The van der Waals surface area contributed by atoms with Crippen molar-refractivity contribution in [1.82, 2.24) is 0 Å². The number of rotatable bonds is 7. The second-order valence-corrected chi connectivity index (χ2v) is 4.63. The molecule has 2 atom stereocenters. The van der Waals surface area contributed by atoms with Gasteiger partial charge in [-0.15, -0.1) is 0 Å². The zero-order chi connectivity index (χ0) is 10.3. The summed E-state index contributed by atoms with van der Waals surface area (Å²) in [5, 5.41) is 9.42. The van der Waals surface area contributed by atoms with Crippen molar-refractivity contribution in [2.75, 3.05) is 18.1 Å². The van der Waals surface area contributed by atoms with Gasteiger partial charge >= 0.3 is 0 Å². The minimum Gasteiger partial charge on any atom is -0.390 e. The van der Waals surface area contributed by atoms with Gasteiger partial charge in [0.05, 0.1) is 18.8 Å². The summed E-state index contributed by atoms with van der Waals surface area (Å²) >= 11 is 1.67. The smallest absolute Gasteiger partial charge is 0.0863 e. The van der Waals surface area contributed by atoms with E-state index in [1.54, 1.807) is 11.8 Å². The molecule has 3 nitrogen and oxygen atoms in total. The second-order valence-electron chi connectivity index (χ2n) is 3.55. The van der Waals surface area contributed by atoms with Gasteiger partial charge in [-0.2, -0.15) is 11.8 Å². The molecular formula is C9H21NO2S. The fourth-order valence-electron chi connectivity index (χ4n) is 0.742. The maximum atomic E-state index is 9.42. The van der Waals surface area contributed by atoms with Crippen molar-refractivity contribution in [3.05, 3.63) is 0 Å². The molecule has 0 radical (unpaired) electrons. The van der Waals surface area contributed by atoms with Gasteiger partial charge in [0.2, 0.25) is 0 Å². The fourth-order valence-corrected chi connectivity index (χ4v) is 1.62. The first kappa shape index (κ1) is 13.2. The Bertz CT molecular complexity index is 120. The number of hydrogen-bond acceptors (Lipinski definition) is 4. The monoisotopic (exact) mass is 207 g/mol. The van der Waals surface area contributed by atoms with Crippen LogP contribution < -0.4 is 5.73 Å². The minimum atomic E-state index is -0.369. The summed E-state index contributed by atoms with van der Waals surface area (Å²) in [6.07, 6.45) is -0.181. The third-order valence-electron chi connectivity index (χ3n) is 1.31. The maximum absolute atomic E-state index is 9.42. The summed E-state index contributed by atoms with van der Waals surface area (Å²) in [6, 6.07) is 0.197. The van der Waals surface area contributed by atoms with Gasteiger partial charge in [-0.1, -0.05) is 0 Å². The van der Waals surface area contributed by atoms with Crippen LogP contribution in [0.2, 0.25) is 0 Å². The molecule has 0 bridgehead atoms. The Morgan fingerprint density at radius 1 is 1.31 bits per heavy atom. The van der Waals surface area contributed by atoms with Crippen molar-refractivity contribution >= 4 is 11.8 Å². The highest BCUT2D eigenvalue weighted by Crippen LogP contribution is 2.05. The van der Waals surface area contributed by atoms with Crippen LogP contribution in [0.4, 0.5) is 0 Å². The van der Waals surface area contributed by atoms with E-state index in [0.717, 1.165) is 5.75 Å². The number of hydrogen-bond donors (Lipinski definition) is 2. The van der Waals surface area contributed by atoms with Crippen LogP contribution in [-0.4, -0.2) is 41.5 Å². The predicted octanol–water partition coefficient (Wildman–Crippen LogP) is 0.853. The van der Waals surface area contributed by atoms with Crippen molar-refractivity contribution in [1.29, 1.82) is 0 Å². The quantitative estimate of drug-likeness (QED) is 0.650. The highest BCUT2D eigenvalue weighted by molar-refractivity contribution is 7.99. The molecule has 0 aliphatic rings. The van der Waals surface area contributed by atoms with Crippen LogP contribution in [0.25, 0.3) is 0 Å². The topological polar surface area (TPSA) is 55.5 Å². The van der Waals surface area contributed by atoms with Crippen LogP contribution in [0.5, 0.6) is 0 Å². The van der Waals surface area contributed by atoms with E-state index in [9.17, 15) is 5.11 Å². The van der Waals surface area contributed by atoms with Gasteiger partial charge in [-0.05, 0) is 20.8 Å². The van der Waals surface area contributed by atoms with Crippen molar-refractivity contribution in [3.8, 4) is 0 Å². The number of aliphatic hydroxyl groups is 1. The molecule has 0 heterocycles. The third-order valence-corrected chi connectivity index (χ3v) is 2.69. The highest BCUT2D eigenvalue weighted by Gasteiger charge is 2.06. The van der Waals surface area contributed by atoms with E-state index in [2.05, 4.69) is 0 Å². The first-order valence-electron chi connectivity index (χ1n) is 4.65. The molecular weight excluding hydrogens is 186 g/mol. The molecule has 0 aromatic carbocycles. The lowest BCUT2D eigenvalue weighted by Gasteiger charge is -2.13. The van der Waals surface area contributed by atoms with E-state index in [4.69, 9.17) is 10.5 Å². The molecule has 0 rings (SSSR count). The Morgan fingerprint density at radius 3 is 2.38 bits per heavy atom. The summed E-state index contributed by atoms with van der Waals surface area (Å²) in [5.41, 5.74) is 5.57. The Kier molecular flexibility index (Phi) is 7.75. The molecule has 0 amide bonds. The third kappa shape index (κ3) is 10.1. The zero-order valence-corrected chi connectivity index (χ0v) is 9.51. The van der Waals surface area contributed by atoms with Crippen LogP contribution in [0.15, 0.2) is 0 Å². The highest BCUT2D eigenvalue weighted by atomic mass is 32.2. The van der Waals surface area contributed by atoms with Crippen LogP contribution in [0.3, 0.4) is 0 Å². The van der Waals surface area contributed by atoms with Gasteiger partial charge in [0, 0.05) is 17.5 Å². The van der Waals surface area contributed by atoms with Gasteiger partial charge in [-0.25, -0.2) is 0 Å². The van der Waals surface area contributed by atoms with E-state index in [1.807, 2.05) is 20.8 Å². The Hall–Kier alpha value is 0.230. The van der Waals surface area contributed by atoms with E-state index in [-0.39, 0.29) is 18.2 Å². The molecule has 0 saturated carbocycles. The minimum absolute atomic E-state index is 0.188. The Balaban J connectivity index is 3.25. The lowest BCUT2D eigenvalue weighted by molar-refractivity contribution is 0.0152. The molecule has 0 fully saturated rings. The van der Waals surface area contributed by atoms with Crippen LogP contribution >= 0.6 is 11.8 Å². The molecule has 0 aliphatic heterocycles. The van der Waals surface area contributed by atoms with Gasteiger partial charge in [-0.3, -0.25) is 0 Å². The summed E-state index contributed by atoms with van der Waals surface area (Å²) < 4.78 is 5.27. The van der Waals surface area contributed by atoms with Crippen LogP contribution in [-0.2, 0) is 4.74 Å². The first-order valence-corrected chi connectivity index (χ1v) is 5.80. The van der Waals surface area contributed by atoms with Crippen molar-refractivity contribution in [2.45, 2.75) is 39.0 Å². The molecule has 0 aliphatic carbocycles. The SMILES string of the molecule is CC(N)CSCC(O)COC(C)C. The summed E-state index contributed by atoms with van der Waals surface area (Å²) in [4.78, 5) is 0. The zero-order valence-electron chi connectivity index (χ0n) is 8.69. The fraction of sp³-hybridized carbons (Fsp3) is 1.00. The standard InChI is InChI=1S/C9H21NO2S/c1-7(2)12-4-9(11)6-13-5-8(3)10/h7-9,11H,4-6,10H2,1-3H3. The second kappa shape index (κ2) is 7.62. The lowest BCUT2D eigenvalue weighted by Crippen LogP contribution is -2.23. The van der Waals surface area contributed by atoms with Gasteiger partial charge < -0.3 is 15.6 Å². The van der Waals surface area contributed by atoms with E-state index < -0.39 is 0 Å². The normalized spacial score (nSPS) is 16.2. The van der Waals surface area contributed by atoms with Gasteiger partial charge in [0.15, 0.2) is 0 Å². The molecule has 0 spiro atoms. The average molecular weight is 207 g/mol. The van der Waals surface area contributed by atoms with Gasteiger partial charge in [0.1, 0.15) is 0 Å². The molecule has 80 valence electrons. The molecule has 13 heavy (non-hydrogen) atoms. The first-order chi connectivity index (χ1) is 6.02. The maximum Gasteiger partial charge on any atom is 0.0863 e. The van der Waals surface area contributed by atoms with E-state index in [1.165, 1.54) is 0 Å². The molecule has 0 saturated heterocycles. The largest absolute Gasteiger partial charge is 0.390 e. The average Bonchev–Trinajstić information content (AvgIpc) is 2.00. The summed E-state index contributed by atoms with van der Waals surface area (Å²) in [7, 11) is 0. The molecule has 3 N–H and O–H groups in total. The van der Waals surface area contributed by atoms with Crippen molar-refractivity contribution in [2.24, 2.45) is 5.73 Å². The molecule has 0 aromatic heterocycles. The molecule has 0 aromatic rings. The predicted molar refractivity (Wildman–Crippen MR) is 58.1 cm³/mol. The lowest BCUT2D eigenvalue weighted by atomic mass is 10.4.